The molecule has 0 spiro atoms. The number of Topliss-reactive ketones (excluding diaryl/α,β-unsaturated/α-hetero) is 1. The maximum absolute atomic E-state index is 13.2. The minimum Gasteiger partial charge on any atom is -0.492 e. The van der Waals surface area contributed by atoms with Gasteiger partial charge < -0.3 is 14.0 Å². The Hall–Kier alpha value is -2.75. The molecule has 4 nitrogen and oxygen atoms in total. The first kappa shape index (κ1) is 20.5. The monoisotopic (exact) mass is 405 g/mol. The molecule has 4 heteroatoms. The molecule has 0 bridgehead atoms. The van der Waals surface area contributed by atoms with E-state index in [2.05, 4.69) is 16.7 Å². The van der Waals surface area contributed by atoms with E-state index in [4.69, 9.17) is 9.47 Å². The van der Waals surface area contributed by atoms with Gasteiger partial charge in [-0.3, -0.25) is 4.79 Å². The fraction of sp³-hybridized carbons (Fsp3) is 0.423. The SMILES string of the molecule is CC(C)Oc1ccc(OCCn2cc(C(=O)C3CCCCC3)c3ccccc32)cc1. The van der Waals surface area contributed by atoms with Crippen molar-refractivity contribution in [3.63, 3.8) is 0 Å². The lowest BCUT2D eigenvalue weighted by Gasteiger charge is -2.19. The number of ether oxygens (including phenoxy) is 2. The summed E-state index contributed by atoms with van der Waals surface area (Å²) < 4.78 is 13.8. The largest absolute Gasteiger partial charge is 0.492 e. The number of para-hydroxylation sites is 1. The summed E-state index contributed by atoms with van der Waals surface area (Å²) in [5, 5.41) is 1.06. The zero-order chi connectivity index (χ0) is 20.9. The summed E-state index contributed by atoms with van der Waals surface area (Å²) in [5.74, 6) is 2.16. The molecule has 0 unspecified atom stereocenters. The molecule has 0 amide bonds. The highest BCUT2D eigenvalue weighted by atomic mass is 16.5. The Labute approximate surface area is 178 Å². The standard InChI is InChI=1S/C26H31NO3/c1-19(2)30-22-14-12-21(13-15-22)29-17-16-27-18-24(23-10-6-7-11-25(23)27)26(28)20-8-4-3-5-9-20/h6-7,10-15,18-20H,3-5,8-9,16-17H2,1-2H3. The second kappa shape index (κ2) is 9.38. The number of hydrogen-bond donors (Lipinski definition) is 0. The van der Waals surface area contributed by atoms with Crippen LogP contribution in [0.5, 0.6) is 11.5 Å². The third kappa shape index (κ3) is 4.69. The Morgan fingerprint density at radius 1 is 1.00 bits per heavy atom. The van der Waals surface area contributed by atoms with Crippen LogP contribution in [-0.2, 0) is 6.54 Å². The number of ketones is 1. The number of carbonyl (C=O) groups excluding carboxylic acids is 1. The molecule has 0 aliphatic heterocycles. The van der Waals surface area contributed by atoms with Crippen molar-refractivity contribution >= 4 is 16.7 Å². The predicted molar refractivity (Wildman–Crippen MR) is 121 cm³/mol. The lowest BCUT2D eigenvalue weighted by molar-refractivity contribution is 0.0891. The first-order valence-electron chi connectivity index (χ1n) is 11.1. The van der Waals surface area contributed by atoms with Crippen molar-refractivity contribution in [2.24, 2.45) is 5.92 Å². The van der Waals surface area contributed by atoms with E-state index in [-0.39, 0.29) is 12.0 Å². The first-order chi connectivity index (χ1) is 14.6. The van der Waals surface area contributed by atoms with Gasteiger partial charge in [0.05, 0.1) is 12.6 Å². The number of fused-ring (bicyclic) bond motifs is 1. The molecule has 3 aromatic rings. The van der Waals surface area contributed by atoms with Gasteiger partial charge in [0, 0.05) is 28.6 Å². The number of benzene rings is 2. The van der Waals surface area contributed by atoms with Crippen molar-refractivity contribution < 1.29 is 14.3 Å². The molecule has 0 atom stereocenters. The lowest BCUT2D eigenvalue weighted by Crippen LogP contribution is -2.17. The molecule has 0 saturated heterocycles. The van der Waals surface area contributed by atoms with E-state index in [0.717, 1.165) is 40.8 Å². The summed E-state index contributed by atoms with van der Waals surface area (Å²) in [7, 11) is 0. The fourth-order valence-corrected chi connectivity index (χ4v) is 4.36. The average Bonchev–Trinajstić information content (AvgIpc) is 3.13. The quantitative estimate of drug-likeness (QED) is 0.415. The summed E-state index contributed by atoms with van der Waals surface area (Å²) in [6, 6.07) is 15.9. The van der Waals surface area contributed by atoms with Crippen LogP contribution in [-0.4, -0.2) is 23.1 Å². The predicted octanol–water partition coefficient (Wildman–Crippen LogP) is 6.27. The highest BCUT2D eigenvalue weighted by molar-refractivity contribution is 6.09. The van der Waals surface area contributed by atoms with Crippen LogP contribution in [0.3, 0.4) is 0 Å². The highest BCUT2D eigenvalue weighted by Crippen LogP contribution is 2.30. The van der Waals surface area contributed by atoms with E-state index in [0.29, 0.717) is 18.9 Å². The molecule has 1 saturated carbocycles. The maximum atomic E-state index is 13.2. The summed E-state index contributed by atoms with van der Waals surface area (Å²) >= 11 is 0. The van der Waals surface area contributed by atoms with E-state index in [1.54, 1.807) is 0 Å². The summed E-state index contributed by atoms with van der Waals surface area (Å²) in [6.07, 6.45) is 7.84. The number of carbonyl (C=O) groups is 1. The minimum absolute atomic E-state index is 0.157. The van der Waals surface area contributed by atoms with Gasteiger partial charge in [-0.15, -0.1) is 0 Å². The molecule has 30 heavy (non-hydrogen) atoms. The van der Waals surface area contributed by atoms with Gasteiger partial charge in [-0.25, -0.2) is 0 Å². The van der Waals surface area contributed by atoms with E-state index in [1.807, 2.05) is 56.4 Å². The van der Waals surface area contributed by atoms with Gasteiger partial charge in [-0.05, 0) is 57.0 Å². The van der Waals surface area contributed by atoms with Gasteiger partial charge in [0.1, 0.15) is 18.1 Å². The number of rotatable bonds is 8. The van der Waals surface area contributed by atoms with Gasteiger partial charge in [-0.2, -0.15) is 0 Å². The van der Waals surface area contributed by atoms with Crippen LogP contribution in [0.4, 0.5) is 0 Å². The van der Waals surface area contributed by atoms with Crippen LogP contribution in [0.25, 0.3) is 10.9 Å². The van der Waals surface area contributed by atoms with Crippen LogP contribution in [0, 0.1) is 5.92 Å². The normalized spacial score (nSPS) is 14.9. The molecule has 0 radical (unpaired) electrons. The van der Waals surface area contributed by atoms with Crippen molar-refractivity contribution in [3.05, 3.63) is 60.3 Å². The summed E-state index contributed by atoms with van der Waals surface area (Å²) in [4.78, 5) is 13.2. The lowest BCUT2D eigenvalue weighted by atomic mass is 9.84. The summed E-state index contributed by atoms with van der Waals surface area (Å²) in [6.45, 7) is 5.26. The number of nitrogens with zero attached hydrogens (tertiary/aromatic N) is 1. The first-order valence-corrected chi connectivity index (χ1v) is 11.1. The Balaban J connectivity index is 1.44. The van der Waals surface area contributed by atoms with Crippen LogP contribution in [0.2, 0.25) is 0 Å². The van der Waals surface area contributed by atoms with Gasteiger partial charge in [0.2, 0.25) is 0 Å². The molecule has 4 rings (SSSR count). The van der Waals surface area contributed by atoms with Gasteiger partial charge in [-0.1, -0.05) is 37.5 Å². The van der Waals surface area contributed by atoms with Gasteiger partial charge in [0.25, 0.3) is 0 Å². The van der Waals surface area contributed by atoms with Crippen molar-refractivity contribution in [3.8, 4) is 11.5 Å². The Morgan fingerprint density at radius 3 is 2.43 bits per heavy atom. The summed E-state index contributed by atoms with van der Waals surface area (Å²) in [5.41, 5.74) is 1.97. The van der Waals surface area contributed by atoms with Crippen molar-refractivity contribution in [2.45, 2.75) is 58.6 Å². The van der Waals surface area contributed by atoms with Gasteiger partial charge in [0.15, 0.2) is 5.78 Å². The van der Waals surface area contributed by atoms with E-state index in [1.165, 1.54) is 19.3 Å². The molecule has 2 aromatic carbocycles. The van der Waals surface area contributed by atoms with E-state index >= 15 is 0 Å². The van der Waals surface area contributed by atoms with E-state index in [9.17, 15) is 4.79 Å². The Kier molecular flexibility index (Phi) is 6.41. The molecule has 1 aliphatic rings. The number of hydrogen-bond acceptors (Lipinski definition) is 3. The number of aromatic nitrogens is 1. The smallest absolute Gasteiger partial charge is 0.168 e. The van der Waals surface area contributed by atoms with Crippen LogP contribution >= 0.6 is 0 Å². The Bertz CT molecular complexity index is 981. The molecule has 1 heterocycles. The maximum Gasteiger partial charge on any atom is 0.168 e. The van der Waals surface area contributed by atoms with Crippen molar-refractivity contribution in [1.29, 1.82) is 0 Å². The minimum atomic E-state index is 0.157. The zero-order valence-electron chi connectivity index (χ0n) is 18.0. The van der Waals surface area contributed by atoms with Crippen LogP contribution in [0.1, 0.15) is 56.3 Å². The molecule has 1 fully saturated rings. The third-order valence-corrected chi connectivity index (χ3v) is 5.83. The molecule has 1 aliphatic carbocycles. The van der Waals surface area contributed by atoms with E-state index < -0.39 is 0 Å². The third-order valence-electron chi connectivity index (χ3n) is 5.83. The molecule has 0 N–H and O–H groups in total. The van der Waals surface area contributed by atoms with Crippen LogP contribution < -0.4 is 9.47 Å². The second-order valence-corrected chi connectivity index (χ2v) is 8.44. The van der Waals surface area contributed by atoms with Crippen LogP contribution in [0.15, 0.2) is 54.7 Å². The second-order valence-electron chi connectivity index (χ2n) is 8.44. The molecular formula is C26H31NO3. The molecular weight excluding hydrogens is 374 g/mol. The van der Waals surface area contributed by atoms with Gasteiger partial charge >= 0.3 is 0 Å². The zero-order valence-corrected chi connectivity index (χ0v) is 18.0. The van der Waals surface area contributed by atoms with Crippen molar-refractivity contribution in [1.82, 2.24) is 4.57 Å². The molecule has 1 aromatic heterocycles. The molecule has 158 valence electrons. The Morgan fingerprint density at radius 2 is 1.70 bits per heavy atom. The average molecular weight is 406 g/mol. The fourth-order valence-electron chi connectivity index (χ4n) is 4.36. The highest BCUT2D eigenvalue weighted by Gasteiger charge is 2.25. The van der Waals surface area contributed by atoms with Crippen molar-refractivity contribution in [2.75, 3.05) is 6.61 Å². The topological polar surface area (TPSA) is 40.5 Å².